The fraction of sp³-hybridized carbons (Fsp3) is 0.500. The van der Waals surface area contributed by atoms with Gasteiger partial charge >= 0.3 is 18.3 Å². The Morgan fingerprint density at radius 1 is 1.00 bits per heavy atom. The zero-order valence-electron chi connectivity index (χ0n) is 20.1. The number of alkyl halides is 6. The lowest BCUT2D eigenvalue weighted by atomic mass is 10.0. The van der Waals surface area contributed by atoms with Crippen LogP contribution in [0.2, 0.25) is 0 Å². The van der Waals surface area contributed by atoms with Gasteiger partial charge in [0, 0.05) is 19.6 Å². The summed E-state index contributed by atoms with van der Waals surface area (Å²) < 4.78 is 89.2. The van der Waals surface area contributed by atoms with Crippen LogP contribution in [0.5, 0.6) is 5.75 Å². The molecule has 0 spiro atoms. The highest BCUT2D eigenvalue weighted by molar-refractivity contribution is 5.72. The lowest BCUT2D eigenvalue weighted by Gasteiger charge is -2.39. The first kappa shape index (κ1) is 27.8. The van der Waals surface area contributed by atoms with Crippen LogP contribution >= 0.6 is 0 Å². The minimum atomic E-state index is -4.75. The molecule has 36 heavy (non-hydrogen) atoms. The molecule has 0 aromatic heterocycles. The number of nitrogens with zero attached hydrogens (tertiary/aromatic N) is 1. The van der Waals surface area contributed by atoms with E-state index in [1.165, 1.54) is 26.4 Å². The molecule has 1 heterocycles. The van der Waals surface area contributed by atoms with E-state index in [-0.39, 0.29) is 37.6 Å². The molecule has 1 atom stereocenters. The molecule has 4 nitrogen and oxygen atoms in total. The Hall–Kier alpha value is -2.75. The number of benzene rings is 2. The monoisotopic (exact) mass is 517 g/mol. The second kappa shape index (κ2) is 11.5. The molecule has 2 aromatic carbocycles. The van der Waals surface area contributed by atoms with Crippen LogP contribution in [-0.2, 0) is 34.8 Å². The molecule has 10 heteroatoms. The van der Waals surface area contributed by atoms with Crippen LogP contribution < -0.4 is 4.74 Å². The third-order valence-electron chi connectivity index (χ3n) is 5.76. The first-order chi connectivity index (χ1) is 16.9. The summed E-state index contributed by atoms with van der Waals surface area (Å²) in [6.45, 7) is 2.02. The van der Waals surface area contributed by atoms with Gasteiger partial charge in [0.05, 0.1) is 24.2 Å². The van der Waals surface area contributed by atoms with Crippen LogP contribution in [0, 0.1) is 5.92 Å². The van der Waals surface area contributed by atoms with E-state index in [0.29, 0.717) is 30.4 Å². The molecule has 1 aliphatic carbocycles. The number of methoxy groups -OCH3 is 1. The lowest BCUT2D eigenvalue weighted by molar-refractivity contribution is -0.144. The molecule has 4 rings (SSSR count). The second-order valence-electron chi connectivity index (χ2n) is 9.14. The van der Waals surface area contributed by atoms with E-state index in [1.807, 2.05) is 6.07 Å². The van der Waals surface area contributed by atoms with Gasteiger partial charge in [0.25, 0.3) is 0 Å². The van der Waals surface area contributed by atoms with E-state index in [0.717, 1.165) is 5.56 Å². The fourth-order valence-electron chi connectivity index (χ4n) is 3.72. The zero-order chi connectivity index (χ0) is 26.5. The molecule has 0 N–H and O–H groups in total. The largest absolute Gasteiger partial charge is 0.488 e. The van der Waals surface area contributed by atoms with Crippen LogP contribution in [-0.4, -0.2) is 37.2 Å². The van der Waals surface area contributed by atoms with Gasteiger partial charge in [0.2, 0.25) is 0 Å². The standard InChI is InChI=1S/C23H23F6NO3.C3H6/c1-14(21(31)32-2)8-15-4-3-5-18(9-15)33-19-12-30(13-19)11-16-10-17(22(24,25)26)6-7-20(16)23(27,28)29;1-2-3-1/h3-7,9-10,14,19H,8,11-13H2,1-2H3;1-3H2. The summed E-state index contributed by atoms with van der Waals surface area (Å²) in [5.74, 6) is -0.118. The van der Waals surface area contributed by atoms with E-state index in [1.54, 1.807) is 30.0 Å². The Kier molecular flexibility index (Phi) is 8.92. The van der Waals surface area contributed by atoms with Crippen LogP contribution in [0.15, 0.2) is 42.5 Å². The Balaban J connectivity index is 0.00000112. The van der Waals surface area contributed by atoms with Crippen LogP contribution in [0.25, 0.3) is 0 Å². The van der Waals surface area contributed by atoms with Crippen molar-refractivity contribution in [1.29, 1.82) is 0 Å². The summed E-state index contributed by atoms with van der Waals surface area (Å²) in [5, 5.41) is 0. The van der Waals surface area contributed by atoms with Crippen molar-refractivity contribution in [2.75, 3.05) is 20.2 Å². The third kappa shape index (κ3) is 8.15. The van der Waals surface area contributed by atoms with Crippen molar-refractivity contribution in [3.63, 3.8) is 0 Å². The molecule has 0 bridgehead atoms. The predicted octanol–water partition coefficient (Wildman–Crippen LogP) is 6.51. The summed E-state index contributed by atoms with van der Waals surface area (Å²) in [7, 11) is 1.32. The molecule has 198 valence electrons. The Bertz CT molecular complexity index is 1030. The van der Waals surface area contributed by atoms with Crippen LogP contribution in [0.1, 0.15) is 48.4 Å². The van der Waals surface area contributed by atoms with Crippen molar-refractivity contribution in [2.45, 2.75) is 57.6 Å². The fourth-order valence-corrected chi connectivity index (χ4v) is 3.72. The lowest BCUT2D eigenvalue weighted by Crippen LogP contribution is -2.53. The summed E-state index contributed by atoms with van der Waals surface area (Å²) >= 11 is 0. The number of hydrogen-bond donors (Lipinski definition) is 0. The van der Waals surface area contributed by atoms with Crippen molar-refractivity contribution in [3.8, 4) is 5.75 Å². The summed E-state index contributed by atoms with van der Waals surface area (Å²) in [5.41, 5.74) is -1.75. The van der Waals surface area contributed by atoms with E-state index in [2.05, 4.69) is 0 Å². The quantitative estimate of drug-likeness (QED) is 0.310. The van der Waals surface area contributed by atoms with Crippen LogP contribution in [0.3, 0.4) is 0 Å². The highest BCUT2D eigenvalue weighted by atomic mass is 19.4. The topological polar surface area (TPSA) is 38.8 Å². The second-order valence-corrected chi connectivity index (χ2v) is 9.14. The molecule has 0 radical (unpaired) electrons. The number of esters is 1. The number of carbonyl (C=O) groups excluding carboxylic acids is 1. The van der Waals surface area contributed by atoms with Crippen molar-refractivity contribution in [2.24, 2.45) is 5.92 Å². The van der Waals surface area contributed by atoms with E-state index in [4.69, 9.17) is 9.47 Å². The molecule has 2 fully saturated rings. The molecular weight excluding hydrogens is 488 g/mol. The highest BCUT2D eigenvalue weighted by Gasteiger charge is 2.38. The maximum Gasteiger partial charge on any atom is 0.416 e. The van der Waals surface area contributed by atoms with E-state index < -0.39 is 29.0 Å². The SMILES string of the molecule is C1CC1.COC(=O)C(C)Cc1cccc(OC2CN(Cc3cc(C(F)(F)F)ccc3C(F)(F)F)C2)c1. The molecule has 1 aliphatic heterocycles. The van der Waals surface area contributed by atoms with Crippen molar-refractivity contribution in [3.05, 3.63) is 64.7 Å². The highest BCUT2D eigenvalue weighted by Crippen LogP contribution is 2.37. The number of halogens is 6. The van der Waals surface area contributed by atoms with Gasteiger partial charge in [-0.2, -0.15) is 26.3 Å². The normalized spacial score (nSPS) is 16.9. The van der Waals surface area contributed by atoms with Crippen molar-refractivity contribution >= 4 is 5.97 Å². The maximum atomic E-state index is 13.3. The Labute approximate surface area is 206 Å². The number of carbonyl (C=O) groups is 1. The third-order valence-corrected chi connectivity index (χ3v) is 5.76. The number of hydrogen-bond acceptors (Lipinski definition) is 4. The van der Waals surface area contributed by atoms with Gasteiger partial charge in [-0.15, -0.1) is 0 Å². The van der Waals surface area contributed by atoms with Crippen molar-refractivity contribution in [1.82, 2.24) is 4.90 Å². The molecule has 1 unspecified atom stereocenters. The number of ether oxygens (including phenoxy) is 2. The molecular formula is C26H29F6NO3. The first-order valence-electron chi connectivity index (χ1n) is 11.7. The summed E-state index contributed by atoms with van der Waals surface area (Å²) in [6.07, 6.45) is -4.83. The molecule has 2 aromatic rings. The molecule has 0 amide bonds. The van der Waals surface area contributed by atoms with Crippen LogP contribution in [0.4, 0.5) is 26.3 Å². The van der Waals surface area contributed by atoms with E-state index in [9.17, 15) is 31.1 Å². The summed E-state index contributed by atoms with van der Waals surface area (Å²) in [4.78, 5) is 13.2. The first-order valence-corrected chi connectivity index (χ1v) is 11.7. The average Bonchev–Trinajstić information content (AvgIpc) is 3.65. The molecule has 1 saturated heterocycles. The number of rotatable bonds is 7. The van der Waals surface area contributed by atoms with Gasteiger partial charge < -0.3 is 9.47 Å². The Morgan fingerprint density at radius 2 is 1.67 bits per heavy atom. The van der Waals surface area contributed by atoms with Gasteiger partial charge in [-0.05, 0) is 47.9 Å². The maximum absolute atomic E-state index is 13.3. The number of likely N-dealkylation sites (tertiary alicyclic amines) is 1. The molecule has 1 saturated carbocycles. The van der Waals surface area contributed by atoms with Gasteiger partial charge in [0.15, 0.2) is 0 Å². The zero-order valence-corrected chi connectivity index (χ0v) is 20.1. The predicted molar refractivity (Wildman–Crippen MR) is 121 cm³/mol. The van der Waals surface area contributed by atoms with Gasteiger partial charge in [-0.25, -0.2) is 0 Å². The molecule has 2 aliphatic rings. The van der Waals surface area contributed by atoms with Gasteiger partial charge in [-0.3, -0.25) is 9.69 Å². The van der Waals surface area contributed by atoms with Gasteiger partial charge in [-0.1, -0.05) is 38.3 Å². The minimum Gasteiger partial charge on any atom is -0.488 e. The average molecular weight is 518 g/mol. The summed E-state index contributed by atoms with van der Waals surface area (Å²) in [6, 6.07) is 8.59. The van der Waals surface area contributed by atoms with Gasteiger partial charge in [0.1, 0.15) is 11.9 Å². The Morgan fingerprint density at radius 3 is 2.22 bits per heavy atom. The van der Waals surface area contributed by atoms with Crippen molar-refractivity contribution < 1.29 is 40.6 Å². The van der Waals surface area contributed by atoms with E-state index >= 15 is 0 Å². The minimum absolute atomic E-state index is 0.269. The smallest absolute Gasteiger partial charge is 0.416 e.